The lowest BCUT2D eigenvalue weighted by Gasteiger charge is -2.48. The Hall–Kier alpha value is -1.80. The number of sulfonamides is 1. The number of nitrogens with zero attached hydrogens (tertiary/aromatic N) is 2. The summed E-state index contributed by atoms with van der Waals surface area (Å²) in [4.78, 5) is 11.7. The Kier molecular flexibility index (Phi) is 5.67. The van der Waals surface area contributed by atoms with Crippen LogP contribution in [0.25, 0.3) is 0 Å². The van der Waals surface area contributed by atoms with Gasteiger partial charge >= 0.3 is 10.2 Å². The first kappa shape index (κ1) is 23.0. The molecule has 6 atom stereocenters. The zero-order chi connectivity index (χ0) is 23.5. The van der Waals surface area contributed by atoms with Crippen LogP contribution in [0.1, 0.15) is 25.7 Å². The number of alkyl halides is 1. The Morgan fingerprint density at radius 3 is 2.67 bits per heavy atom. The molecule has 0 bridgehead atoms. The van der Waals surface area contributed by atoms with Crippen LogP contribution in [-0.2, 0) is 25.0 Å². The van der Waals surface area contributed by atoms with Gasteiger partial charge < -0.3 is 9.52 Å². The zero-order valence-corrected chi connectivity index (χ0v) is 19.3. The molecule has 0 aromatic carbocycles. The summed E-state index contributed by atoms with van der Waals surface area (Å²) in [5.41, 5.74) is 0.932. The van der Waals surface area contributed by atoms with Gasteiger partial charge in [0.1, 0.15) is 17.3 Å². The second kappa shape index (κ2) is 8.15. The Morgan fingerprint density at radius 1 is 1.21 bits per heavy atom. The molecular formula is C20H26FN3O7S2. The summed E-state index contributed by atoms with van der Waals surface area (Å²) >= 11 is 0. The summed E-state index contributed by atoms with van der Waals surface area (Å²) in [6.45, 7) is -0.0532. The van der Waals surface area contributed by atoms with Crippen molar-refractivity contribution in [3.8, 4) is 0 Å². The maximum atomic E-state index is 15.7. The number of furan rings is 1. The van der Waals surface area contributed by atoms with Crippen LogP contribution in [0.4, 0.5) is 4.39 Å². The van der Waals surface area contributed by atoms with E-state index in [4.69, 9.17) is 4.42 Å². The SMILES string of the molecule is O=C1CN(C2C(O)CC3CCC(C4=CCN(S(=O)(=O)c5ccoc5)C4)CC3C2F)S(=O)(=O)N1. The van der Waals surface area contributed by atoms with Gasteiger partial charge in [-0.3, -0.25) is 4.79 Å². The highest BCUT2D eigenvalue weighted by Crippen LogP contribution is 2.48. The molecule has 2 aliphatic heterocycles. The molecule has 10 nitrogen and oxygen atoms in total. The Morgan fingerprint density at radius 2 is 2.00 bits per heavy atom. The molecule has 2 saturated carbocycles. The highest BCUT2D eigenvalue weighted by Gasteiger charge is 2.54. The highest BCUT2D eigenvalue weighted by atomic mass is 32.2. The molecule has 182 valence electrons. The fourth-order valence-corrected chi connectivity index (χ4v) is 8.49. The van der Waals surface area contributed by atoms with Crippen LogP contribution in [0.15, 0.2) is 39.6 Å². The molecule has 3 fully saturated rings. The molecule has 0 spiro atoms. The first-order valence-corrected chi connectivity index (χ1v) is 13.8. The normalized spacial score (nSPS) is 37.5. The van der Waals surface area contributed by atoms with Crippen molar-refractivity contribution in [3.05, 3.63) is 30.2 Å². The van der Waals surface area contributed by atoms with Crippen LogP contribution in [0.2, 0.25) is 0 Å². The van der Waals surface area contributed by atoms with Gasteiger partial charge in [-0.15, -0.1) is 0 Å². The Balaban J connectivity index is 1.30. The number of carbonyl (C=O) groups excluding carboxylic acids is 1. The van der Waals surface area contributed by atoms with Gasteiger partial charge in [-0.05, 0) is 49.5 Å². The van der Waals surface area contributed by atoms with E-state index >= 15 is 4.39 Å². The van der Waals surface area contributed by atoms with Crippen LogP contribution < -0.4 is 4.72 Å². The van der Waals surface area contributed by atoms with E-state index in [1.54, 1.807) is 0 Å². The van der Waals surface area contributed by atoms with E-state index in [-0.39, 0.29) is 36.2 Å². The first-order valence-electron chi connectivity index (χ1n) is 10.9. The molecule has 33 heavy (non-hydrogen) atoms. The molecule has 1 amide bonds. The number of rotatable bonds is 4. The minimum atomic E-state index is -4.17. The van der Waals surface area contributed by atoms with Crippen molar-refractivity contribution in [2.75, 3.05) is 19.6 Å². The Labute approximate surface area is 191 Å². The summed E-state index contributed by atoms with van der Waals surface area (Å²) in [6.07, 6.45) is 3.66. The second-order valence-corrected chi connectivity index (χ2v) is 12.8. The molecule has 1 aromatic heterocycles. The van der Waals surface area contributed by atoms with E-state index in [2.05, 4.69) is 0 Å². The van der Waals surface area contributed by atoms with Crippen LogP contribution in [0.5, 0.6) is 0 Å². The Bertz CT molecular complexity index is 1170. The number of carbonyl (C=O) groups is 1. The lowest BCUT2D eigenvalue weighted by molar-refractivity contribution is -0.119. The number of nitrogens with one attached hydrogen (secondary N) is 1. The molecule has 2 N–H and O–H groups in total. The topological polar surface area (TPSA) is 137 Å². The molecule has 6 unspecified atom stereocenters. The molecule has 13 heteroatoms. The van der Waals surface area contributed by atoms with Crippen molar-refractivity contribution in [1.29, 1.82) is 0 Å². The van der Waals surface area contributed by atoms with Gasteiger partial charge in [-0.25, -0.2) is 17.5 Å². The minimum absolute atomic E-state index is 0.0279. The van der Waals surface area contributed by atoms with Crippen molar-refractivity contribution in [2.45, 2.75) is 48.9 Å². The first-order chi connectivity index (χ1) is 15.6. The molecule has 2 aliphatic carbocycles. The molecule has 3 heterocycles. The number of amides is 1. The number of hydrogen-bond donors (Lipinski definition) is 2. The quantitative estimate of drug-likeness (QED) is 0.567. The maximum absolute atomic E-state index is 15.7. The monoisotopic (exact) mass is 503 g/mol. The summed E-state index contributed by atoms with van der Waals surface area (Å²) in [5, 5.41) is 10.6. The minimum Gasteiger partial charge on any atom is -0.471 e. The predicted octanol–water partition coefficient (Wildman–Crippen LogP) is 0.391. The largest absolute Gasteiger partial charge is 0.471 e. The van der Waals surface area contributed by atoms with E-state index < -0.39 is 56.9 Å². The number of aliphatic hydroxyl groups excluding tert-OH is 1. The lowest BCUT2D eigenvalue weighted by Crippen LogP contribution is -2.58. The van der Waals surface area contributed by atoms with E-state index in [1.807, 2.05) is 10.8 Å². The average molecular weight is 504 g/mol. The number of hydrogen-bond acceptors (Lipinski definition) is 7. The van der Waals surface area contributed by atoms with Gasteiger partial charge in [0, 0.05) is 13.1 Å². The molecule has 1 aromatic rings. The lowest BCUT2D eigenvalue weighted by atomic mass is 9.63. The smallest absolute Gasteiger partial charge is 0.304 e. The van der Waals surface area contributed by atoms with E-state index in [0.29, 0.717) is 12.8 Å². The van der Waals surface area contributed by atoms with E-state index in [9.17, 15) is 26.7 Å². The third kappa shape index (κ3) is 3.93. The fraction of sp³-hybridized carbons (Fsp3) is 0.650. The fourth-order valence-electron chi connectivity index (χ4n) is 5.86. The zero-order valence-electron chi connectivity index (χ0n) is 17.7. The van der Waals surface area contributed by atoms with Crippen LogP contribution >= 0.6 is 0 Å². The summed E-state index contributed by atoms with van der Waals surface area (Å²) < 4.78 is 74.6. The second-order valence-electron chi connectivity index (χ2n) is 9.28. The third-order valence-corrected chi connectivity index (χ3v) is 10.7. The van der Waals surface area contributed by atoms with Crippen molar-refractivity contribution >= 4 is 26.1 Å². The van der Waals surface area contributed by atoms with Crippen LogP contribution in [0, 0.1) is 17.8 Å². The van der Waals surface area contributed by atoms with Gasteiger partial charge in [-0.2, -0.15) is 17.0 Å². The molecular weight excluding hydrogens is 477 g/mol. The number of aliphatic hydroxyl groups is 1. The molecule has 1 saturated heterocycles. The van der Waals surface area contributed by atoms with Crippen molar-refractivity contribution in [1.82, 2.24) is 13.3 Å². The van der Waals surface area contributed by atoms with E-state index in [0.717, 1.165) is 16.3 Å². The van der Waals surface area contributed by atoms with Gasteiger partial charge in [0.05, 0.1) is 25.0 Å². The van der Waals surface area contributed by atoms with Crippen LogP contribution in [-0.4, -0.2) is 74.4 Å². The number of halogens is 1. The van der Waals surface area contributed by atoms with Crippen molar-refractivity contribution in [3.63, 3.8) is 0 Å². The van der Waals surface area contributed by atoms with Crippen LogP contribution in [0.3, 0.4) is 0 Å². The standard InChI is InChI=1S/C20H26FN3O7S2/c21-19-16-7-12(14-3-5-23(9-14)32(27,28)15-4-6-31-11-15)1-2-13(16)8-17(25)20(19)24-10-18(26)22-33(24,29)30/h3-4,6,11-13,16-17,19-20,25H,1-2,5,7-10H2,(H,22,26). The van der Waals surface area contributed by atoms with Gasteiger partial charge in [-0.1, -0.05) is 11.6 Å². The summed E-state index contributed by atoms with van der Waals surface area (Å²) in [5.74, 6) is -1.35. The average Bonchev–Trinajstić information content (AvgIpc) is 3.49. The van der Waals surface area contributed by atoms with Gasteiger partial charge in [0.25, 0.3) is 0 Å². The van der Waals surface area contributed by atoms with Gasteiger partial charge in [0.2, 0.25) is 15.9 Å². The maximum Gasteiger partial charge on any atom is 0.304 e. The van der Waals surface area contributed by atoms with Crippen molar-refractivity contribution in [2.24, 2.45) is 17.8 Å². The predicted molar refractivity (Wildman–Crippen MR) is 113 cm³/mol. The van der Waals surface area contributed by atoms with E-state index in [1.165, 1.54) is 22.9 Å². The third-order valence-electron chi connectivity index (χ3n) is 7.48. The summed E-state index contributed by atoms with van der Waals surface area (Å²) in [6, 6.07) is 0.0793. The molecule has 0 radical (unpaired) electrons. The molecule has 4 aliphatic rings. The number of fused-ring (bicyclic) bond motifs is 1. The summed E-state index contributed by atoms with van der Waals surface area (Å²) in [7, 11) is -7.85. The molecule has 5 rings (SSSR count). The van der Waals surface area contributed by atoms with Gasteiger partial charge in [0.15, 0.2) is 0 Å². The van der Waals surface area contributed by atoms with Crippen molar-refractivity contribution < 1.29 is 35.5 Å². The highest BCUT2D eigenvalue weighted by molar-refractivity contribution is 7.89.